The van der Waals surface area contributed by atoms with Crippen LogP contribution in [0.3, 0.4) is 0 Å². The number of thiazole rings is 1. The van der Waals surface area contributed by atoms with Gasteiger partial charge in [-0.1, -0.05) is 12.8 Å². The molecule has 1 aromatic heterocycles. The van der Waals surface area contributed by atoms with Gasteiger partial charge in [-0.2, -0.15) is 0 Å². The maximum Gasteiger partial charge on any atom is 0.273 e. The molecule has 1 saturated carbocycles. The molecule has 1 amide bonds. The van der Waals surface area contributed by atoms with Gasteiger partial charge in [0.25, 0.3) is 5.91 Å². The molecule has 18 heavy (non-hydrogen) atoms. The van der Waals surface area contributed by atoms with Crippen LogP contribution < -0.4 is 0 Å². The van der Waals surface area contributed by atoms with E-state index in [1.165, 1.54) is 24.2 Å². The van der Waals surface area contributed by atoms with E-state index in [-0.39, 0.29) is 18.1 Å². The zero-order valence-electron chi connectivity index (χ0n) is 10.6. The minimum Gasteiger partial charge on any atom is -0.374 e. The molecule has 2 atom stereocenters. The van der Waals surface area contributed by atoms with Gasteiger partial charge in [-0.3, -0.25) is 4.79 Å². The van der Waals surface area contributed by atoms with Gasteiger partial charge in [-0.15, -0.1) is 11.3 Å². The number of rotatable bonds is 1. The standard InChI is InChI=1S/C13H18N2O2S/c1-9-14-10(8-18-9)13(16)15-6-7-17-12-5-3-2-4-11(12)15/h8,11-12H,2-7H2,1H3/t11-,12+/m1/s1. The van der Waals surface area contributed by atoms with Crippen LogP contribution >= 0.6 is 11.3 Å². The minimum atomic E-state index is 0.0829. The number of carbonyl (C=O) groups is 1. The van der Waals surface area contributed by atoms with E-state index in [0.29, 0.717) is 18.8 Å². The summed E-state index contributed by atoms with van der Waals surface area (Å²) >= 11 is 1.54. The fraction of sp³-hybridized carbons (Fsp3) is 0.692. The number of morpholine rings is 1. The van der Waals surface area contributed by atoms with Crippen molar-refractivity contribution in [3.05, 3.63) is 16.1 Å². The summed E-state index contributed by atoms with van der Waals surface area (Å²) in [6, 6.07) is 0.266. The summed E-state index contributed by atoms with van der Waals surface area (Å²) in [7, 11) is 0. The monoisotopic (exact) mass is 266 g/mol. The highest BCUT2D eigenvalue weighted by Crippen LogP contribution is 2.29. The fourth-order valence-electron chi connectivity index (χ4n) is 2.96. The molecular weight excluding hydrogens is 248 g/mol. The van der Waals surface area contributed by atoms with Crippen LogP contribution in [0.25, 0.3) is 0 Å². The van der Waals surface area contributed by atoms with Crippen molar-refractivity contribution in [2.45, 2.75) is 44.8 Å². The van der Waals surface area contributed by atoms with Crippen molar-refractivity contribution in [1.29, 1.82) is 0 Å². The second-order valence-corrected chi connectivity index (χ2v) is 6.07. The topological polar surface area (TPSA) is 42.4 Å². The first kappa shape index (κ1) is 12.1. The number of amides is 1. The molecule has 0 radical (unpaired) electrons. The molecule has 1 aliphatic carbocycles. The molecule has 5 heteroatoms. The summed E-state index contributed by atoms with van der Waals surface area (Å²) in [5.74, 6) is 0.0829. The second-order valence-electron chi connectivity index (χ2n) is 5.01. The first-order chi connectivity index (χ1) is 8.75. The Kier molecular flexibility index (Phi) is 3.35. The van der Waals surface area contributed by atoms with Gasteiger partial charge >= 0.3 is 0 Å². The van der Waals surface area contributed by atoms with E-state index < -0.39 is 0 Å². The fourth-order valence-corrected chi connectivity index (χ4v) is 3.54. The minimum absolute atomic E-state index is 0.0829. The smallest absolute Gasteiger partial charge is 0.273 e. The highest BCUT2D eigenvalue weighted by molar-refractivity contribution is 7.09. The quantitative estimate of drug-likeness (QED) is 0.783. The number of hydrogen-bond donors (Lipinski definition) is 0. The Morgan fingerprint density at radius 1 is 1.50 bits per heavy atom. The average molecular weight is 266 g/mol. The molecule has 98 valence electrons. The maximum absolute atomic E-state index is 12.5. The number of ether oxygens (including phenoxy) is 1. The number of nitrogens with zero attached hydrogens (tertiary/aromatic N) is 2. The molecule has 2 aliphatic rings. The number of aromatic nitrogens is 1. The lowest BCUT2D eigenvalue weighted by Crippen LogP contribution is -2.54. The van der Waals surface area contributed by atoms with Crippen LogP contribution in [0.2, 0.25) is 0 Å². The molecule has 2 heterocycles. The van der Waals surface area contributed by atoms with Crippen molar-refractivity contribution in [2.24, 2.45) is 0 Å². The number of carbonyl (C=O) groups excluding carboxylic acids is 1. The molecule has 0 bridgehead atoms. The number of aryl methyl sites for hydroxylation is 1. The molecule has 0 aromatic carbocycles. The third-order valence-electron chi connectivity index (χ3n) is 3.83. The highest BCUT2D eigenvalue weighted by Gasteiger charge is 2.37. The Hall–Kier alpha value is -0.940. The first-order valence-corrected chi connectivity index (χ1v) is 7.48. The highest BCUT2D eigenvalue weighted by atomic mass is 32.1. The third kappa shape index (κ3) is 2.17. The van der Waals surface area contributed by atoms with Crippen molar-refractivity contribution in [2.75, 3.05) is 13.2 Å². The van der Waals surface area contributed by atoms with E-state index in [1.807, 2.05) is 17.2 Å². The SMILES string of the molecule is Cc1nc(C(=O)N2CCO[C@H]3CCCC[C@H]32)cs1. The molecule has 0 spiro atoms. The molecule has 0 unspecified atom stereocenters. The van der Waals surface area contributed by atoms with Crippen LogP contribution in [0, 0.1) is 6.92 Å². The van der Waals surface area contributed by atoms with E-state index in [2.05, 4.69) is 4.98 Å². The Morgan fingerprint density at radius 3 is 3.11 bits per heavy atom. The van der Waals surface area contributed by atoms with E-state index in [4.69, 9.17) is 4.74 Å². The van der Waals surface area contributed by atoms with Crippen LogP contribution in [0.4, 0.5) is 0 Å². The lowest BCUT2D eigenvalue weighted by atomic mass is 9.90. The van der Waals surface area contributed by atoms with E-state index in [1.54, 1.807) is 0 Å². The molecule has 1 saturated heterocycles. The largest absolute Gasteiger partial charge is 0.374 e. The van der Waals surface area contributed by atoms with Gasteiger partial charge in [-0.05, 0) is 19.8 Å². The number of hydrogen-bond acceptors (Lipinski definition) is 4. The van der Waals surface area contributed by atoms with Gasteiger partial charge in [-0.25, -0.2) is 4.98 Å². The van der Waals surface area contributed by atoms with Crippen molar-refractivity contribution < 1.29 is 9.53 Å². The van der Waals surface area contributed by atoms with Crippen molar-refractivity contribution in [3.8, 4) is 0 Å². The molecule has 4 nitrogen and oxygen atoms in total. The lowest BCUT2D eigenvalue weighted by molar-refractivity contribution is -0.0754. The van der Waals surface area contributed by atoms with Gasteiger partial charge < -0.3 is 9.64 Å². The van der Waals surface area contributed by atoms with Gasteiger partial charge in [0.1, 0.15) is 5.69 Å². The van der Waals surface area contributed by atoms with Crippen molar-refractivity contribution in [1.82, 2.24) is 9.88 Å². The predicted octanol–water partition coefficient (Wildman–Crippen LogP) is 2.24. The molecule has 1 aromatic rings. The van der Waals surface area contributed by atoms with Gasteiger partial charge in [0.05, 0.1) is 23.8 Å². The average Bonchev–Trinajstić information content (AvgIpc) is 2.84. The lowest BCUT2D eigenvalue weighted by Gasteiger charge is -2.43. The summed E-state index contributed by atoms with van der Waals surface area (Å²) < 4.78 is 5.79. The zero-order valence-corrected chi connectivity index (χ0v) is 11.4. The van der Waals surface area contributed by atoms with Crippen molar-refractivity contribution >= 4 is 17.2 Å². The van der Waals surface area contributed by atoms with Crippen LogP contribution in [0.15, 0.2) is 5.38 Å². The molecule has 3 rings (SSSR count). The Balaban J connectivity index is 1.79. The zero-order chi connectivity index (χ0) is 12.5. The van der Waals surface area contributed by atoms with Gasteiger partial charge in [0.2, 0.25) is 0 Å². The molecule has 1 aliphatic heterocycles. The Morgan fingerprint density at radius 2 is 2.33 bits per heavy atom. The molecular formula is C13H18N2O2S. The number of fused-ring (bicyclic) bond motifs is 1. The van der Waals surface area contributed by atoms with Gasteiger partial charge in [0, 0.05) is 11.9 Å². The van der Waals surface area contributed by atoms with Crippen molar-refractivity contribution in [3.63, 3.8) is 0 Å². The molecule has 2 fully saturated rings. The summed E-state index contributed by atoms with van der Waals surface area (Å²) in [6.45, 7) is 3.30. The molecule has 0 N–H and O–H groups in total. The van der Waals surface area contributed by atoms with Crippen LogP contribution in [-0.2, 0) is 4.74 Å². The normalized spacial score (nSPS) is 27.9. The van der Waals surface area contributed by atoms with E-state index in [0.717, 1.165) is 17.8 Å². The Bertz CT molecular complexity index is 444. The van der Waals surface area contributed by atoms with Crippen LogP contribution in [0.1, 0.15) is 41.2 Å². The first-order valence-electron chi connectivity index (χ1n) is 6.60. The summed E-state index contributed by atoms with van der Waals surface area (Å²) in [4.78, 5) is 18.8. The third-order valence-corrected chi connectivity index (χ3v) is 4.60. The van der Waals surface area contributed by atoms with Crippen LogP contribution in [0.5, 0.6) is 0 Å². The van der Waals surface area contributed by atoms with E-state index >= 15 is 0 Å². The second kappa shape index (κ2) is 4.97. The predicted molar refractivity (Wildman–Crippen MR) is 69.9 cm³/mol. The van der Waals surface area contributed by atoms with Gasteiger partial charge in [0.15, 0.2) is 0 Å². The summed E-state index contributed by atoms with van der Waals surface area (Å²) in [6.07, 6.45) is 4.82. The van der Waals surface area contributed by atoms with Crippen LogP contribution in [-0.4, -0.2) is 41.1 Å². The summed E-state index contributed by atoms with van der Waals surface area (Å²) in [5, 5.41) is 2.82. The maximum atomic E-state index is 12.5. The summed E-state index contributed by atoms with van der Waals surface area (Å²) in [5.41, 5.74) is 0.601. The Labute approximate surface area is 111 Å². The van der Waals surface area contributed by atoms with E-state index in [9.17, 15) is 4.79 Å².